The molecule has 4 radical (unpaired) electrons. The van der Waals surface area contributed by atoms with Crippen LogP contribution in [0.5, 0.6) is 0 Å². The van der Waals surface area contributed by atoms with Crippen LogP contribution in [0.25, 0.3) is 0 Å². The van der Waals surface area contributed by atoms with Gasteiger partial charge in [-0.2, -0.15) is 0 Å². The summed E-state index contributed by atoms with van der Waals surface area (Å²) in [6.07, 6.45) is 0. The number of carbonyl (C=O) groups excluding carboxylic acids is 2. The van der Waals surface area contributed by atoms with Crippen molar-refractivity contribution in [2.45, 2.75) is 0 Å². The maximum atomic E-state index is 9.43. The van der Waals surface area contributed by atoms with Crippen LogP contribution in [0.1, 0.15) is 0 Å². The Balaban J connectivity index is -0.0000000267. The fraction of sp³-hybridized carbons (Fsp3) is 0.500. The number of hydrogen-bond acceptors (Lipinski definition) is 4. The molecule has 0 heterocycles. The maximum Gasteiger partial charge on any atom is 0.565 e. The molecule has 0 saturated heterocycles. The Hall–Kier alpha value is 0.103. The fourth-order valence-corrected chi connectivity index (χ4v) is 0. The number of carbonyl (C=O) groups is 2. The van der Waals surface area contributed by atoms with Crippen LogP contribution in [0, 0.1) is 0 Å². The Morgan fingerprint density at radius 1 is 0.923 bits per heavy atom. The topological polar surface area (TPSA) is 140 Å². The Labute approximate surface area is 97.1 Å². The summed E-state index contributed by atoms with van der Waals surface area (Å²) in [5.41, 5.74) is 0. The molecule has 0 aliphatic heterocycles. The minimum Gasteiger partial charge on any atom is -0.870 e. The molecule has 0 saturated carbocycles. The van der Waals surface area contributed by atoms with Gasteiger partial charge in [0.2, 0.25) is 0 Å². The predicted octanol–water partition coefficient (Wildman–Crippen LogP) is -4.24. The molecule has 0 aliphatic carbocycles. The van der Waals surface area contributed by atoms with E-state index in [0.717, 1.165) is 0 Å². The van der Waals surface area contributed by atoms with Gasteiger partial charge in [-0.05, 0) is 25.3 Å². The van der Waals surface area contributed by atoms with E-state index in [1.807, 2.05) is 0 Å². The SMILES string of the molecule is O=C([OH2+])C[SH2+].O=C([OH2+])C[SH2+].[Ge].[OH-].[OH-]. The van der Waals surface area contributed by atoms with E-state index in [-0.39, 0.29) is 40.1 Å². The Morgan fingerprint density at radius 3 is 1.00 bits per heavy atom. The second-order valence-electron chi connectivity index (χ2n) is 1.20. The van der Waals surface area contributed by atoms with Gasteiger partial charge in [-0.25, -0.2) is 0 Å². The van der Waals surface area contributed by atoms with Gasteiger partial charge in [0.25, 0.3) is 11.5 Å². The normalized spacial score (nSPS) is 5.69. The molecule has 0 aromatic heterocycles. The van der Waals surface area contributed by atoms with Crippen LogP contribution in [-0.4, -0.2) is 62.2 Å². The Kier molecular flexibility index (Phi) is 51.1. The maximum absolute atomic E-state index is 9.43. The van der Waals surface area contributed by atoms with E-state index < -0.39 is 11.9 Å². The van der Waals surface area contributed by atoms with E-state index >= 15 is 0 Å². The van der Waals surface area contributed by atoms with E-state index in [9.17, 15) is 9.59 Å². The average Bonchev–Trinajstić information content (AvgIpc) is 1.89. The van der Waals surface area contributed by atoms with Crippen LogP contribution < -0.4 is 0 Å². The molecule has 0 fully saturated rings. The first-order valence-corrected chi connectivity index (χ1v) is 3.74. The monoisotopic (exact) mass is 296 g/mol. The molecule has 0 amide bonds. The molecule has 0 unspecified atom stereocenters. The van der Waals surface area contributed by atoms with Gasteiger partial charge in [0.1, 0.15) is 0 Å². The van der Waals surface area contributed by atoms with E-state index in [1.165, 1.54) is 0 Å². The predicted molar refractivity (Wildman–Crippen MR) is 56.9 cm³/mol. The molecule has 9 heteroatoms. The number of rotatable bonds is 2. The van der Waals surface area contributed by atoms with Gasteiger partial charge in [-0.1, -0.05) is 0 Å². The second kappa shape index (κ2) is 22.7. The molecular formula is C4H14GeO6S2+2. The van der Waals surface area contributed by atoms with Crippen LogP contribution >= 0.6 is 0 Å². The van der Waals surface area contributed by atoms with E-state index in [1.54, 1.807) is 0 Å². The molecule has 6 nitrogen and oxygen atoms in total. The van der Waals surface area contributed by atoms with Crippen molar-refractivity contribution in [3.8, 4) is 0 Å². The van der Waals surface area contributed by atoms with Crippen molar-refractivity contribution >= 4 is 54.8 Å². The zero-order valence-electron chi connectivity index (χ0n) is 6.63. The molecule has 6 N–H and O–H groups in total. The summed E-state index contributed by atoms with van der Waals surface area (Å²) in [6.45, 7) is 0. The van der Waals surface area contributed by atoms with Gasteiger partial charge in [-0.3, -0.25) is 0 Å². The van der Waals surface area contributed by atoms with E-state index in [4.69, 9.17) is 10.2 Å². The molecule has 0 bridgehead atoms. The average molecular weight is 295 g/mol. The fourth-order valence-electron chi connectivity index (χ4n) is 0. The van der Waals surface area contributed by atoms with Crippen molar-refractivity contribution in [2.75, 3.05) is 11.5 Å². The Morgan fingerprint density at radius 2 is 1.00 bits per heavy atom. The summed E-state index contributed by atoms with van der Waals surface area (Å²) in [6, 6.07) is 0. The third-order valence-electron chi connectivity index (χ3n) is 0.321. The van der Waals surface area contributed by atoms with Crippen LogP contribution in [0.3, 0.4) is 0 Å². The third kappa shape index (κ3) is 73.4. The zero-order valence-corrected chi connectivity index (χ0v) is 10.7. The van der Waals surface area contributed by atoms with Gasteiger partial charge >= 0.3 is 11.9 Å². The van der Waals surface area contributed by atoms with Gasteiger partial charge in [0, 0.05) is 27.2 Å². The first-order valence-electron chi connectivity index (χ1n) is 2.32. The first-order chi connectivity index (χ1) is 4.54. The van der Waals surface area contributed by atoms with Crippen LogP contribution in [0.15, 0.2) is 0 Å². The van der Waals surface area contributed by atoms with Crippen LogP contribution in [0.2, 0.25) is 0 Å². The summed E-state index contributed by atoms with van der Waals surface area (Å²) < 4.78 is 0. The van der Waals surface area contributed by atoms with Gasteiger partial charge in [0.15, 0.2) is 0 Å². The Bertz CT molecular complexity index is 107. The largest absolute Gasteiger partial charge is 0.870 e. The third-order valence-corrected chi connectivity index (χ3v) is 0.963. The summed E-state index contributed by atoms with van der Waals surface area (Å²) in [7, 11) is 0. The van der Waals surface area contributed by atoms with Crippen molar-refractivity contribution in [1.82, 2.24) is 0 Å². The standard InChI is InChI=1S/2C2H4O2S.Ge.2H2O/c2*3-2(4)1-5;;;/h2*5H,1H2,(H,3,4);;2*1H2/p+2. The molecule has 0 atom stereocenters. The van der Waals surface area contributed by atoms with Crippen molar-refractivity contribution in [1.29, 1.82) is 0 Å². The van der Waals surface area contributed by atoms with Crippen molar-refractivity contribution in [3.05, 3.63) is 0 Å². The summed E-state index contributed by atoms with van der Waals surface area (Å²) in [4.78, 5) is 18.9. The summed E-state index contributed by atoms with van der Waals surface area (Å²) in [5.74, 6) is -0.886. The first kappa shape index (κ1) is 29.2. The molecule has 80 valence electrons. The minimum absolute atomic E-state index is 0. The molecule has 0 aromatic rings. The molecular weight excluding hydrogens is 281 g/mol. The van der Waals surface area contributed by atoms with Crippen molar-refractivity contribution in [2.24, 2.45) is 0 Å². The van der Waals surface area contributed by atoms with Gasteiger partial charge < -0.3 is 21.2 Å². The second-order valence-corrected chi connectivity index (χ2v) is 1.91. The zero-order chi connectivity index (χ0) is 8.57. The summed E-state index contributed by atoms with van der Waals surface area (Å²) >= 11 is 5.64. The van der Waals surface area contributed by atoms with Crippen LogP contribution in [-0.2, 0) is 34.8 Å². The van der Waals surface area contributed by atoms with Gasteiger partial charge in [-0.15, -0.1) is 0 Å². The molecule has 0 rings (SSSR count). The van der Waals surface area contributed by atoms with Crippen molar-refractivity contribution in [3.63, 3.8) is 0 Å². The minimum atomic E-state index is -0.582. The van der Waals surface area contributed by atoms with Gasteiger partial charge in [0.05, 0.1) is 0 Å². The quantitative estimate of drug-likeness (QED) is 0.376. The molecule has 0 spiro atoms. The van der Waals surface area contributed by atoms with E-state index in [2.05, 4.69) is 25.3 Å². The van der Waals surface area contributed by atoms with Crippen molar-refractivity contribution < 1.29 is 30.8 Å². The van der Waals surface area contributed by atoms with E-state index in [0.29, 0.717) is 0 Å². The van der Waals surface area contributed by atoms with Crippen LogP contribution in [0.4, 0.5) is 0 Å². The molecule has 0 aromatic carbocycles. The number of hydrogen-bond donors (Lipinski definition) is 0. The smallest absolute Gasteiger partial charge is 0.565 e. The molecule has 0 aliphatic rings. The summed E-state index contributed by atoms with van der Waals surface area (Å²) in [5, 5.41) is 12.3. The molecule has 13 heavy (non-hydrogen) atoms.